The SMILES string of the molecule is CC1CCC(Oc2cccc(C(C)O)c2)CC(CCC(=O)c2ccccc2-c2ncccn2)C1. The Hall–Kier alpha value is -3.05. The Morgan fingerprint density at radius 2 is 1.85 bits per heavy atom. The molecular weight excluding hydrogens is 424 g/mol. The Morgan fingerprint density at radius 1 is 1.06 bits per heavy atom. The van der Waals surface area contributed by atoms with Crippen LogP contribution in [0.1, 0.15) is 74.4 Å². The number of rotatable bonds is 8. The number of hydrogen-bond donors (Lipinski definition) is 1. The molecule has 1 aromatic heterocycles. The molecule has 2 aromatic carbocycles. The maximum absolute atomic E-state index is 13.2. The third-order valence-electron chi connectivity index (χ3n) is 6.77. The van der Waals surface area contributed by atoms with E-state index in [0.29, 0.717) is 29.6 Å². The molecule has 4 rings (SSSR count). The summed E-state index contributed by atoms with van der Waals surface area (Å²) < 4.78 is 6.36. The molecule has 0 radical (unpaired) electrons. The standard InChI is InChI=1S/C29H34N2O3/c1-20-11-13-25(34-24-8-5-7-23(19-24)21(2)32)18-22(17-20)12-14-28(33)26-9-3-4-10-27(26)29-30-15-6-16-31-29/h3-10,15-16,19-22,25,32H,11-14,17-18H2,1-2H3. The van der Waals surface area contributed by atoms with Gasteiger partial charge in [-0.05, 0) is 74.6 Å². The number of aromatic nitrogens is 2. The Labute approximate surface area is 202 Å². The Kier molecular flexibility index (Phi) is 8.07. The lowest BCUT2D eigenvalue weighted by Crippen LogP contribution is -2.19. The van der Waals surface area contributed by atoms with Crippen LogP contribution in [-0.4, -0.2) is 27.0 Å². The van der Waals surface area contributed by atoms with E-state index in [1.165, 1.54) is 0 Å². The Balaban J connectivity index is 1.41. The van der Waals surface area contributed by atoms with Gasteiger partial charge in [-0.15, -0.1) is 0 Å². The summed E-state index contributed by atoms with van der Waals surface area (Å²) >= 11 is 0. The molecule has 0 bridgehead atoms. The van der Waals surface area contributed by atoms with E-state index in [0.717, 1.165) is 49.0 Å². The van der Waals surface area contributed by atoms with E-state index in [-0.39, 0.29) is 11.9 Å². The van der Waals surface area contributed by atoms with Crippen molar-refractivity contribution in [2.45, 2.75) is 64.6 Å². The fraction of sp³-hybridized carbons (Fsp3) is 0.414. The van der Waals surface area contributed by atoms with Gasteiger partial charge in [0.25, 0.3) is 0 Å². The second-order valence-corrected chi connectivity index (χ2v) is 9.59. The highest BCUT2D eigenvalue weighted by atomic mass is 16.5. The van der Waals surface area contributed by atoms with Gasteiger partial charge in [-0.3, -0.25) is 4.79 Å². The number of aliphatic hydroxyl groups excluding tert-OH is 1. The van der Waals surface area contributed by atoms with Crippen LogP contribution in [0.2, 0.25) is 0 Å². The van der Waals surface area contributed by atoms with Crippen molar-refractivity contribution in [1.82, 2.24) is 9.97 Å². The highest BCUT2D eigenvalue weighted by molar-refractivity contribution is 6.01. The molecule has 4 unspecified atom stereocenters. The van der Waals surface area contributed by atoms with Crippen molar-refractivity contribution in [3.8, 4) is 17.1 Å². The van der Waals surface area contributed by atoms with E-state index in [9.17, 15) is 9.90 Å². The van der Waals surface area contributed by atoms with Crippen LogP contribution in [0.25, 0.3) is 11.4 Å². The van der Waals surface area contributed by atoms with E-state index >= 15 is 0 Å². The van der Waals surface area contributed by atoms with Gasteiger partial charge in [0.1, 0.15) is 5.75 Å². The van der Waals surface area contributed by atoms with Crippen molar-refractivity contribution in [3.63, 3.8) is 0 Å². The maximum atomic E-state index is 13.2. The van der Waals surface area contributed by atoms with Crippen LogP contribution in [0.15, 0.2) is 67.0 Å². The van der Waals surface area contributed by atoms with Crippen molar-refractivity contribution >= 4 is 5.78 Å². The van der Waals surface area contributed by atoms with Gasteiger partial charge in [-0.25, -0.2) is 9.97 Å². The maximum Gasteiger partial charge on any atom is 0.163 e. The van der Waals surface area contributed by atoms with Crippen LogP contribution in [-0.2, 0) is 0 Å². The van der Waals surface area contributed by atoms with Gasteiger partial charge in [0.05, 0.1) is 12.2 Å². The quantitative estimate of drug-likeness (QED) is 0.311. The number of ether oxygens (including phenoxy) is 1. The van der Waals surface area contributed by atoms with Crippen LogP contribution in [0.3, 0.4) is 0 Å². The smallest absolute Gasteiger partial charge is 0.163 e. The molecule has 3 aromatic rings. The summed E-state index contributed by atoms with van der Waals surface area (Å²) in [4.78, 5) is 21.9. The molecule has 5 heteroatoms. The number of nitrogens with zero attached hydrogens (tertiary/aromatic N) is 2. The van der Waals surface area contributed by atoms with E-state index in [1.807, 2.05) is 48.5 Å². The zero-order chi connectivity index (χ0) is 23.9. The molecule has 0 spiro atoms. The van der Waals surface area contributed by atoms with Crippen LogP contribution < -0.4 is 4.74 Å². The average Bonchev–Trinajstić information content (AvgIpc) is 3.03. The highest BCUT2D eigenvalue weighted by Crippen LogP contribution is 2.34. The Morgan fingerprint density at radius 3 is 2.65 bits per heavy atom. The van der Waals surface area contributed by atoms with E-state index < -0.39 is 6.10 Å². The molecule has 1 fully saturated rings. The lowest BCUT2D eigenvalue weighted by atomic mass is 9.88. The molecule has 34 heavy (non-hydrogen) atoms. The first-order valence-corrected chi connectivity index (χ1v) is 12.3. The molecule has 1 N–H and O–H groups in total. The van der Waals surface area contributed by atoms with E-state index in [4.69, 9.17) is 4.74 Å². The lowest BCUT2D eigenvalue weighted by molar-refractivity contribution is 0.0965. The summed E-state index contributed by atoms with van der Waals surface area (Å²) in [6.45, 7) is 4.06. The van der Waals surface area contributed by atoms with Gasteiger partial charge >= 0.3 is 0 Å². The number of benzene rings is 2. The average molecular weight is 459 g/mol. The highest BCUT2D eigenvalue weighted by Gasteiger charge is 2.26. The molecule has 0 amide bonds. The molecule has 0 saturated heterocycles. The molecule has 4 atom stereocenters. The van der Waals surface area contributed by atoms with Gasteiger partial charge in [-0.1, -0.05) is 43.3 Å². The van der Waals surface area contributed by atoms with Crippen LogP contribution in [0, 0.1) is 11.8 Å². The predicted octanol–water partition coefficient (Wildman–Crippen LogP) is 6.43. The second-order valence-electron chi connectivity index (χ2n) is 9.59. The minimum atomic E-state index is -0.513. The van der Waals surface area contributed by atoms with Crippen LogP contribution in [0.5, 0.6) is 5.75 Å². The molecule has 1 saturated carbocycles. The normalized spacial score (nSPS) is 21.4. The molecule has 1 aliphatic carbocycles. The van der Waals surface area contributed by atoms with Crippen LogP contribution >= 0.6 is 0 Å². The van der Waals surface area contributed by atoms with Crippen molar-refractivity contribution in [1.29, 1.82) is 0 Å². The predicted molar refractivity (Wildman–Crippen MR) is 134 cm³/mol. The molecule has 0 aliphatic heterocycles. The first kappa shape index (κ1) is 24.1. The van der Waals surface area contributed by atoms with Gasteiger partial charge in [0, 0.05) is 29.9 Å². The number of carbonyl (C=O) groups excluding carboxylic acids is 1. The summed E-state index contributed by atoms with van der Waals surface area (Å²) in [6.07, 6.45) is 8.57. The summed E-state index contributed by atoms with van der Waals surface area (Å²) in [5.74, 6) is 2.59. The lowest BCUT2D eigenvalue weighted by Gasteiger charge is -2.22. The number of aliphatic hydroxyl groups is 1. The monoisotopic (exact) mass is 458 g/mol. The first-order chi connectivity index (χ1) is 16.5. The Bertz CT molecular complexity index is 1080. The fourth-order valence-corrected chi connectivity index (χ4v) is 4.96. The van der Waals surface area contributed by atoms with E-state index in [2.05, 4.69) is 16.9 Å². The summed E-state index contributed by atoms with van der Waals surface area (Å²) in [5.41, 5.74) is 2.35. The first-order valence-electron chi connectivity index (χ1n) is 12.3. The number of Topliss-reactive ketones (excluding diaryl/α,β-unsaturated/α-hetero) is 1. The van der Waals surface area contributed by atoms with Gasteiger partial charge in [-0.2, -0.15) is 0 Å². The third kappa shape index (κ3) is 6.29. The molecule has 1 aliphatic rings. The largest absolute Gasteiger partial charge is 0.490 e. The third-order valence-corrected chi connectivity index (χ3v) is 6.77. The molecule has 1 heterocycles. The zero-order valence-electron chi connectivity index (χ0n) is 20.1. The van der Waals surface area contributed by atoms with Gasteiger partial charge < -0.3 is 9.84 Å². The van der Waals surface area contributed by atoms with Gasteiger partial charge in [0.15, 0.2) is 11.6 Å². The number of carbonyl (C=O) groups is 1. The zero-order valence-corrected chi connectivity index (χ0v) is 20.1. The second kappa shape index (κ2) is 11.4. The van der Waals surface area contributed by atoms with Crippen molar-refractivity contribution < 1.29 is 14.6 Å². The van der Waals surface area contributed by atoms with Crippen molar-refractivity contribution in [2.75, 3.05) is 0 Å². The van der Waals surface area contributed by atoms with Gasteiger partial charge in [0.2, 0.25) is 0 Å². The topological polar surface area (TPSA) is 72.3 Å². The summed E-state index contributed by atoms with van der Waals surface area (Å²) in [6, 6.07) is 17.1. The van der Waals surface area contributed by atoms with E-state index in [1.54, 1.807) is 25.4 Å². The summed E-state index contributed by atoms with van der Waals surface area (Å²) in [7, 11) is 0. The van der Waals surface area contributed by atoms with Crippen molar-refractivity contribution in [3.05, 3.63) is 78.1 Å². The van der Waals surface area contributed by atoms with Crippen molar-refractivity contribution in [2.24, 2.45) is 11.8 Å². The number of hydrogen-bond acceptors (Lipinski definition) is 5. The van der Waals surface area contributed by atoms with Crippen LogP contribution in [0.4, 0.5) is 0 Å². The minimum Gasteiger partial charge on any atom is -0.490 e. The number of ketones is 1. The molecule has 178 valence electrons. The summed E-state index contributed by atoms with van der Waals surface area (Å²) in [5, 5.41) is 9.89. The fourth-order valence-electron chi connectivity index (χ4n) is 4.96. The minimum absolute atomic E-state index is 0.124. The molecule has 5 nitrogen and oxygen atoms in total. The molecular formula is C29H34N2O3.